The van der Waals surface area contributed by atoms with Crippen LogP contribution in [0.3, 0.4) is 0 Å². The van der Waals surface area contributed by atoms with Crippen molar-refractivity contribution in [3.63, 3.8) is 0 Å². The van der Waals surface area contributed by atoms with Gasteiger partial charge in [0.05, 0.1) is 11.2 Å². The molecule has 0 radical (unpaired) electrons. The molecule has 1 fully saturated rings. The molecule has 0 spiro atoms. The summed E-state index contributed by atoms with van der Waals surface area (Å²) in [6, 6.07) is 8.41. The minimum absolute atomic E-state index is 0.220. The topological polar surface area (TPSA) is 18.5 Å². The predicted octanol–water partition coefficient (Wildman–Crippen LogP) is 3.68. The fraction of sp³-hybridized carbons (Fsp3) is 0.538. The average molecular weight is 250 g/mol. The maximum absolute atomic E-state index is 5.94. The summed E-state index contributed by atoms with van der Waals surface area (Å²) in [5, 5.41) is 0. The Balaban J connectivity index is 2.05. The van der Waals surface area contributed by atoms with E-state index in [4.69, 9.17) is 9.31 Å². The van der Waals surface area contributed by atoms with Gasteiger partial charge in [0.2, 0.25) is 0 Å². The molecule has 1 aliphatic heterocycles. The van der Waals surface area contributed by atoms with Gasteiger partial charge < -0.3 is 9.31 Å². The van der Waals surface area contributed by atoms with E-state index in [1.165, 1.54) is 10.5 Å². The van der Waals surface area contributed by atoms with Crippen molar-refractivity contribution in [3.8, 4) is 0 Å². The van der Waals surface area contributed by atoms with Crippen molar-refractivity contribution < 1.29 is 9.31 Å². The molecule has 2 nitrogen and oxygen atoms in total. The second kappa shape index (κ2) is 4.34. The van der Waals surface area contributed by atoms with Gasteiger partial charge in [0, 0.05) is 4.90 Å². The molecule has 0 aromatic heterocycles. The summed E-state index contributed by atoms with van der Waals surface area (Å²) < 4.78 is 11.9. The van der Waals surface area contributed by atoms with Gasteiger partial charge in [0.25, 0.3) is 0 Å². The van der Waals surface area contributed by atoms with Gasteiger partial charge in [-0.3, -0.25) is 0 Å². The highest BCUT2D eigenvalue weighted by Gasteiger charge is 2.51. The standard InChI is InChI=1S/C13H19BO2S/c1-10-6-8-11(9-7-10)17-14-15-12(2,3)13(4,5)16-14/h6-9H,1-5H3. The fourth-order valence-electron chi connectivity index (χ4n) is 1.57. The zero-order valence-electron chi connectivity index (χ0n) is 11.1. The van der Waals surface area contributed by atoms with E-state index >= 15 is 0 Å². The molecule has 1 aromatic rings. The molecule has 0 N–H and O–H groups in total. The van der Waals surface area contributed by atoms with Crippen LogP contribution in [0, 0.1) is 6.92 Å². The average Bonchev–Trinajstić information content (AvgIpc) is 2.39. The number of hydrogen-bond acceptors (Lipinski definition) is 3. The lowest BCUT2D eigenvalue weighted by Gasteiger charge is -2.32. The minimum atomic E-state index is -0.255. The van der Waals surface area contributed by atoms with Crippen molar-refractivity contribution >= 4 is 18.0 Å². The van der Waals surface area contributed by atoms with Crippen LogP contribution in [-0.2, 0) is 9.31 Å². The second-order valence-corrected chi connectivity index (χ2v) is 6.57. The monoisotopic (exact) mass is 250 g/mol. The molecule has 0 amide bonds. The molecular formula is C13H19BO2S. The lowest BCUT2D eigenvalue weighted by Crippen LogP contribution is -2.41. The van der Waals surface area contributed by atoms with Gasteiger partial charge in [0.1, 0.15) is 0 Å². The van der Waals surface area contributed by atoms with E-state index in [1.54, 1.807) is 11.6 Å². The van der Waals surface area contributed by atoms with E-state index in [0.29, 0.717) is 0 Å². The summed E-state index contributed by atoms with van der Waals surface area (Å²) in [5.41, 5.74) is 0.758. The highest BCUT2D eigenvalue weighted by molar-refractivity contribution is 8.24. The van der Waals surface area contributed by atoms with Gasteiger partial charge in [-0.2, -0.15) is 0 Å². The molecule has 4 heteroatoms. The quantitative estimate of drug-likeness (QED) is 0.746. The molecule has 17 heavy (non-hydrogen) atoms. The van der Waals surface area contributed by atoms with Crippen molar-refractivity contribution in [2.24, 2.45) is 0 Å². The normalized spacial score (nSPS) is 21.8. The highest BCUT2D eigenvalue weighted by Crippen LogP contribution is 2.41. The molecule has 0 saturated carbocycles. The molecule has 0 atom stereocenters. The Hall–Kier alpha value is -0.445. The Morgan fingerprint density at radius 1 is 0.941 bits per heavy atom. The largest absolute Gasteiger partial charge is 0.537 e. The molecular weight excluding hydrogens is 231 g/mol. The molecule has 0 aliphatic carbocycles. The van der Waals surface area contributed by atoms with Crippen LogP contribution in [0.1, 0.15) is 33.3 Å². The van der Waals surface area contributed by atoms with Gasteiger partial charge in [-0.1, -0.05) is 17.7 Å². The molecule has 92 valence electrons. The van der Waals surface area contributed by atoms with E-state index in [2.05, 4.69) is 58.9 Å². The lowest BCUT2D eigenvalue weighted by molar-refractivity contribution is 0.00578. The fourth-order valence-corrected chi connectivity index (χ4v) is 2.66. The van der Waals surface area contributed by atoms with Crippen LogP contribution in [0.4, 0.5) is 0 Å². The van der Waals surface area contributed by atoms with Crippen molar-refractivity contribution in [3.05, 3.63) is 29.8 Å². The van der Waals surface area contributed by atoms with Crippen molar-refractivity contribution in [1.29, 1.82) is 0 Å². The number of hydrogen-bond donors (Lipinski definition) is 0. The zero-order valence-corrected chi connectivity index (χ0v) is 11.9. The number of rotatable bonds is 2. The molecule has 2 rings (SSSR count). The van der Waals surface area contributed by atoms with E-state index in [9.17, 15) is 0 Å². The molecule has 1 aliphatic rings. The molecule has 1 aromatic carbocycles. The van der Waals surface area contributed by atoms with E-state index in [1.807, 2.05) is 0 Å². The Kier molecular flexibility index (Phi) is 3.32. The number of aryl methyl sites for hydroxylation is 1. The maximum Gasteiger partial charge on any atom is 0.537 e. The lowest BCUT2D eigenvalue weighted by atomic mass is 9.90. The summed E-state index contributed by atoms with van der Waals surface area (Å²) in [6.07, 6.45) is -0.220. The van der Waals surface area contributed by atoms with Crippen LogP contribution < -0.4 is 0 Å². The zero-order chi connectivity index (χ0) is 12.7. The van der Waals surface area contributed by atoms with Gasteiger partial charge in [0.15, 0.2) is 0 Å². The first-order chi connectivity index (χ1) is 7.80. The van der Waals surface area contributed by atoms with Crippen LogP contribution >= 0.6 is 11.6 Å². The Labute approximate surface area is 108 Å². The molecule has 0 unspecified atom stereocenters. The third-order valence-electron chi connectivity index (χ3n) is 3.48. The molecule has 1 heterocycles. The van der Waals surface area contributed by atoms with Crippen molar-refractivity contribution in [1.82, 2.24) is 0 Å². The van der Waals surface area contributed by atoms with Crippen molar-refractivity contribution in [2.45, 2.75) is 50.7 Å². The second-order valence-electron chi connectivity index (χ2n) is 5.48. The van der Waals surface area contributed by atoms with Crippen molar-refractivity contribution in [2.75, 3.05) is 0 Å². The van der Waals surface area contributed by atoms with Crippen LogP contribution in [-0.4, -0.2) is 17.6 Å². The summed E-state index contributed by atoms with van der Waals surface area (Å²) in [5.74, 6) is 0. The van der Waals surface area contributed by atoms with Crippen LogP contribution in [0.15, 0.2) is 29.2 Å². The molecule has 0 bridgehead atoms. The Morgan fingerprint density at radius 2 is 1.41 bits per heavy atom. The SMILES string of the molecule is Cc1ccc(SB2OC(C)(C)C(C)(C)O2)cc1. The maximum atomic E-state index is 5.94. The predicted molar refractivity (Wildman–Crippen MR) is 73.1 cm³/mol. The summed E-state index contributed by atoms with van der Waals surface area (Å²) in [6.45, 7) is 10.4. The summed E-state index contributed by atoms with van der Waals surface area (Å²) >= 11 is 1.62. The first-order valence-electron chi connectivity index (χ1n) is 5.89. The molecule has 1 saturated heterocycles. The Morgan fingerprint density at radius 3 is 1.88 bits per heavy atom. The van der Waals surface area contributed by atoms with Crippen LogP contribution in [0.2, 0.25) is 0 Å². The van der Waals surface area contributed by atoms with Crippen LogP contribution in [0.25, 0.3) is 0 Å². The van der Waals surface area contributed by atoms with Gasteiger partial charge in [-0.15, -0.1) is 11.6 Å². The minimum Gasteiger partial charge on any atom is -0.394 e. The third-order valence-corrected chi connectivity index (χ3v) is 4.41. The van der Waals surface area contributed by atoms with Gasteiger partial charge in [-0.25, -0.2) is 0 Å². The van der Waals surface area contributed by atoms with E-state index in [0.717, 1.165) is 0 Å². The smallest absolute Gasteiger partial charge is 0.394 e. The highest BCUT2D eigenvalue weighted by atomic mass is 32.2. The Bertz CT molecular complexity index is 384. The first-order valence-corrected chi connectivity index (χ1v) is 6.77. The van der Waals surface area contributed by atoms with Crippen LogP contribution in [0.5, 0.6) is 0 Å². The van der Waals surface area contributed by atoms with Gasteiger partial charge in [-0.05, 0) is 46.8 Å². The van der Waals surface area contributed by atoms with E-state index < -0.39 is 0 Å². The van der Waals surface area contributed by atoms with E-state index in [-0.39, 0.29) is 17.6 Å². The van der Waals surface area contributed by atoms with Gasteiger partial charge >= 0.3 is 6.40 Å². The number of benzene rings is 1. The third kappa shape index (κ3) is 2.70. The first kappa shape index (κ1) is 13.0. The summed E-state index contributed by atoms with van der Waals surface area (Å²) in [4.78, 5) is 1.18. The summed E-state index contributed by atoms with van der Waals surface area (Å²) in [7, 11) is 0.